The molecule has 0 aliphatic carbocycles. The van der Waals surface area contributed by atoms with Crippen LogP contribution in [-0.4, -0.2) is 25.8 Å². The number of amides is 1. The van der Waals surface area contributed by atoms with Gasteiger partial charge in [0, 0.05) is 11.3 Å². The van der Waals surface area contributed by atoms with E-state index in [1.165, 1.54) is 0 Å². The zero-order valence-corrected chi connectivity index (χ0v) is 10.7. The second-order valence-electron chi connectivity index (χ2n) is 4.71. The fourth-order valence-corrected chi connectivity index (χ4v) is 2.48. The first-order valence-corrected chi connectivity index (χ1v) is 6.23. The van der Waals surface area contributed by atoms with E-state index in [9.17, 15) is 4.79 Å². The zero-order chi connectivity index (χ0) is 13.7. The summed E-state index contributed by atoms with van der Waals surface area (Å²) in [5.74, 6) is -0.127. The Balaban J connectivity index is 2.00. The van der Waals surface area contributed by atoms with Gasteiger partial charge in [-0.3, -0.25) is 4.79 Å². The monoisotopic (exact) mass is 265 g/mol. The second kappa shape index (κ2) is 3.80. The van der Waals surface area contributed by atoms with E-state index in [-0.39, 0.29) is 5.91 Å². The molecule has 6 nitrogen and oxygen atoms in total. The van der Waals surface area contributed by atoms with E-state index in [4.69, 9.17) is 0 Å². The number of H-pyrrole nitrogens is 2. The number of imidazole rings is 2. The van der Waals surface area contributed by atoms with Gasteiger partial charge in [0.1, 0.15) is 0 Å². The van der Waals surface area contributed by atoms with Crippen LogP contribution in [0.1, 0.15) is 17.0 Å². The quantitative estimate of drug-likeness (QED) is 0.589. The molecule has 0 atom stereocenters. The normalized spacial score (nSPS) is 15.8. The van der Waals surface area contributed by atoms with Crippen LogP contribution in [0.4, 0.5) is 5.69 Å². The van der Waals surface area contributed by atoms with Crippen molar-refractivity contribution in [3.8, 4) is 0 Å². The molecule has 3 heterocycles. The number of aryl methyl sites for hydroxylation is 1. The van der Waals surface area contributed by atoms with Crippen molar-refractivity contribution in [2.24, 2.45) is 0 Å². The van der Waals surface area contributed by atoms with Crippen molar-refractivity contribution in [1.82, 2.24) is 19.9 Å². The van der Waals surface area contributed by atoms with Crippen LogP contribution in [0.5, 0.6) is 0 Å². The number of hydrogen-bond acceptors (Lipinski definition) is 3. The van der Waals surface area contributed by atoms with Gasteiger partial charge < -0.3 is 15.3 Å². The van der Waals surface area contributed by atoms with Crippen LogP contribution in [0.15, 0.2) is 24.8 Å². The fraction of sp³-hybridized carbons (Fsp3) is 0.0714. The van der Waals surface area contributed by atoms with E-state index in [1.54, 1.807) is 18.7 Å². The first-order valence-electron chi connectivity index (χ1n) is 6.23. The summed E-state index contributed by atoms with van der Waals surface area (Å²) in [4.78, 5) is 26.8. The van der Waals surface area contributed by atoms with Gasteiger partial charge in [-0.2, -0.15) is 0 Å². The number of rotatable bonds is 1. The molecule has 0 radical (unpaired) electrons. The third kappa shape index (κ3) is 1.41. The van der Waals surface area contributed by atoms with E-state index < -0.39 is 0 Å². The molecule has 0 saturated carbocycles. The molecule has 1 aliphatic heterocycles. The maximum Gasteiger partial charge on any atom is 0.256 e. The van der Waals surface area contributed by atoms with Crippen molar-refractivity contribution in [2.45, 2.75) is 6.92 Å². The summed E-state index contributed by atoms with van der Waals surface area (Å²) in [5.41, 5.74) is 5.59. The van der Waals surface area contributed by atoms with Gasteiger partial charge in [-0.1, -0.05) is 0 Å². The molecule has 4 rings (SSSR count). The van der Waals surface area contributed by atoms with Gasteiger partial charge in [-0.15, -0.1) is 0 Å². The van der Waals surface area contributed by atoms with Crippen molar-refractivity contribution < 1.29 is 4.79 Å². The Labute approximate surface area is 114 Å². The maximum absolute atomic E-state index is 12.2. The highest BCUT2D eigenvalue weighted by Gasteiger charge is 2.27. The molecule has 20 heavy (non-hydrogen) atoms. The van der Waals surface area contributed by atoms with Crippen LogP contribution in [0, 0.1) is 6.92 Å². The first-order chi connectivity index (χ1) is 9.74. The number of carbonyl (C=O) groups is 1. The largest absolute Gasteiger partial charge is 0.348 e. The predicted octanol–water partition coefficient (Wildman–Crippen LogP) is 2.09. The molecule has 1 aliphatic rings. The number of nitrogens with one attached hydrogen (secondary N) is 3. The summed E-state index contributed by atoms with van der Waals surface area (Å²) in [6.07, 6.45) is 5.04. The Morgan fingerprint density at radius 3 is 2.80 bits per heavy atom. The summed E-state index contributed by atoms with van der Waals surface area (Å²) < 4.78 is 0. The Morgan fingerprint density at radius 1 is 1.15 bits per heavy atom. The molecule has 1 amide bonds. The highest BCUT2D eigenvalue weighted by molar-refractivity contribution is 6.37. The topological polar surface area (TPSA) is 86.5 Å². The van der Waals surface area contributed by atoms with Gasteiger partial charge in [0.2, 0.25) is 0 Å². The molecule has 98 valence electrons. The van der Waals surface area contributed by atoms with Crippen molar-refractivity contribution >= 4 is 34.3 Å². The summed E-state index contributed by atoms with van der Waals surface area (Å²) in [6.45, 7) is 1.92. The van der Waals surface area contributed by atoms with Crippen LogP contribution >= 0.6 is 0 Å². The molecule has 0 fully saturated rings. The Morgan fingerprint density at radius 2 is 2.00 bits per heavy atom. The molecule has 0 saturated heterocycles. The Bertz CT molecular complexity index is 871. The van der Waals surface area contributed by atoms with E-state index in [0.29, 0.717) is 5.57 Å². The maximum atomic E-state index is 12.2. The van der Waals surface area contributed by atoms with Crippen LogP contribution in [0.2, 0.25) is 0 Å². The SMILES string of the molecule is Cc1[nH]cnc1/C=C1\C(=O)Nc2ccc3[nH]cnc3c21. The smallest absolute Gasteiger partial charge is 0.256 e. The number of aromatic amines is 2. The molecular weight excluding hydrogens is 254 g/mol. The highest BCUT2D eigenvalue weighted by Crippen LogP contribution is 2.37. The number of nitrogens with zero attached hydrogens (tertiary/aromatic N) is 2. The molecule has 1 aromatic carbocycles. The molecule has 0 unspecified atom stereocenters. The average molecular weight is 265 g/mol. The van der Waals surface area contributed by atoms with Gasteiger partial charge in [-0.05, 0) is 25.1 Å². The van der Waals surface area contributed by atoms with Gasteiger partial charge in [-0.25, -0.2) is 9.97 Å². The lowest BCUT2D eigenvalue weighted by molar-refractivity contribution is -0.110. The van der Waals surface area contributed by atoms with Gasteiger partial charge in [0.15, 0.2) is 0 Å². The van der Waals surface area contributed by atoms with Gasteiger partial charge in [0.05, 0.1) is 40.6 Å². The average Bonchev–Trinajstić information content (AvgIpc) is 3.10. The standard InChI is InChI=1S/C14H11N5O/c1-7-11(17-5-15-7)4-8-12-9(19-14(8)20)2-3-10-13(12)18-6-16-10/h2-6H,1H3,(H,15,17)(H,16,18)(H,19,20)/b8-4-. The summed E-state index contributed by atoms with van der Waals surface area (Å²) >= 11 is 0. The minimum absolute atomic E-state index is 0.127. The number of hydrogen-bond donors (Lipinski definition) is 3. The van der Waals surface area contributed by atoms with E-state index in [0.717, 1.165) is 33.7 Å². The molecule has 0 bridgehead atoms. The molecule has 6 heteroatoms. The third-order valence-corrected chi connectivity index (χ3v) is 3.50. The second-order valence-corrected chi connectivity index (χ2v) is 4.71. The lowest BCUT2D eigenvalue weighted by atomic mass is 10.0. The first kappa shape index (κ1) is 11.0. The van der Waals surface area contributed by atoms with Crippen molar-refractivity contribution in [3.05, 3.63) is 41.7 Å². The van der Waals surface area contributed by atoms with Crippen LogP contribution < -0.4 is 5.32 Å². The van der Waals surface area contributed by atoms with E-state index in [2.05, 4.69) is 25.3 Å². The van der Waals surface area contributed by atoms with Gasteiger partial charge >= 0.3 is 0 Å². The van der Waals surface area contributed by atoms with Crippen LogP contribution in [0.25, 0.3) is 22.7 Å². The van der Waals surface area contributed by atoms with E-state index >= 15 is 0 Å². The van der Waals surface area contributed by atoms with Crippen LogP contribution in [-0.2, 0) is 4.79 Å². The predicted molar refractivity (Wildman–Crippen MR) is 75.9 cm³/mol. The summed E-state index contributed by atoms with van der Waals surface area (Å²) in [6, 6.07) is 3.79. The molecule has 3 aromatic rings. The lowest BCUT2D eigenvalue weighted by Crippen LogP contribution is -2.03. The number of fused-ring (bicyclic) bond motifs is 3. The number of anilines is 1. The van der Waals surface area contributed by atoms with Crippen LogP contribution in [0.3, 0.4) is 0 Å². The summed E-state index contributed by atoms with van der Waals surface area (Å²) in [7, 11) is 0. The summed E-state index contributed by atoms with van der Waals surface area (Å²) in [5, 5.41) is 2.86. The fourth-order valence-electron chi connectivity index (χ4n) is 2.48. The minimum Gasteiger partial charge on any atom is -0.348 e. The lowest BCUT2D eigenvalue weighted by Gasteiger charge is -1.99. The Kier molecular flexibility index (Phi) is 2.09. The number of benzene rings is 1. The van der Waals surface area contributed by atoms with Crippen molar-refractivity contribution in [2.75, 3.05) is 5.32 Å². The Hall–Kier alpha value is -2.89. The van der Waals surface area contributed by atoms with E-state index in [1.807, 2.05) is 19.1 Å². The van der Waals surface area contributed by atoms with Crippen molar-refractivity contribution in [3.63, 3.8) is 0 Å². The number of carbonyl (C=O) groups excluding carboxylic acids is 1. The number of aromatic nitrogens is 4. The highest BCUT2D eigenvalue weighted by atomic mass is 16.2. The molecule has 0 spiro atoms. The zero-order valence-electron chi connectivity index (χ0n) is 10.7. The minimum atomic E-state index is -0.127. The van der Waals surface area contributed by atoms with Crippen molar-refractivity contribution in [1.29, 1.82) is 0 Å². The molecule has 2 aromatic heterocycles. The molecular formula is C14H11N5O. The van der Waals surface area contributed by atoms with Gasteiger partial charge in [0.25, 0.3) is 5.91 Å². The molecule has 3 N–H and O–H groups in total. The third-order valence-electron chi connectivity index (χ3n) is 3.50.